The molecule has 23 heavy (non-hydrogen) atoms. The standard InChI is InChI=1S/C17H22N2O4/c1-11-8-12(16(20)21)10-19(9-11)17(22)18-14-6-7-23-15-5-3-2-4-13(14)15/h2-5,11-12,14H,6-10H2,1H3,(H,18,22)(H,20,21). The fraction of sp³-hybridized carbons (Fsp3) is 0.529. The van der Waals surface area contributed by atoms with Gasteiger partial charge < -0.3 is 20.1 Å². The minimum absolute atomic E-state index is 0.0899. The Morgan fingerprint density at radius 2 is 2.09 bits per heavy atom. The maximum Gasteiger partial charge on any atom is 0.317 e. The molecule has 2 aliphatic heterocycles. The van der Waals surface area contributed by atoms with E-state index in [-0.39, 0.29) is 24.5 Å². The summed E-state index contributed by atoms with van der Waals surface area (Å²) in [5, 5.41) is 12.3. The maximum absolute atomic E-state index is 12.6. The van der Waals surface area contributed by atoms with Crippen LogP contribution in [0.4, 0.5) is 4.79 Å². The fourth-order valence-electron chi connectivity index (χ4n) is 3.43. The second-order valence-electron chi connectivity index (χ2n) is 6.46. The van der Waals surface area contributed by atoms with E-state index >= 15 is 0 Å². The van der Waals surface area contributed by atoms with Gasteiger partial charge in [0.2, 0.25) is 0 Å². The predicted octanol–water partition coefficient (Wildman–Crippen LogP) is 2.26. The SMILES string of the molecule is CC1CC(C(=O)O)CN(C(=O)NC2CCOc3ccccc32)C1. The second kappa shape index (κ2) is 6.48. The first-order valence-electron chi connectivity index (χ1n) is 8.04. The molecule has 1 aromatic rings. The normalized spacial score (nSPS) is 26.8. The molecule has 3 rings (SSSR count). The number of urea groups is 1. The van der Waals surface area contributed by atoms with Crippen LogP contribution in [0.3, 0.4) is 0 Å². The van der Waals surface area contributed by atoms with Gasteiger partial charge in [-0.2, -0.15) is 0 Å². The molecular formula is C17H22N2O4. The molecule has 124 valence electrons. The fourth-order valence-corrected chi connectivity index (χ4v) is 3.43. The van der Waals surface area contributed by atoms with Crippen molar-refractivity contribution in [2.45, 2.75) is 25.8 Å². The Hall–Kier alpha value is -2.24. The van der Waals surface area contributed by atoms with E-state index in [1.54, 1.807) is 4.90 Å². The molecule has 2 amide bonds. The number of piperidine rings is 1. The van der Waals surface area contributed by atoms with Crippen molar-refractivity contribution < 1.29 is 19.4 Å². The second-order valence-corrected chi connectivity index (χ2v) is 6.46. The largest absolute Gasteiger partial charge is 0.493 e. The van der Waals surface area contributed by atoms with E-state index in [4.69, 9.17) is 4.74 Å². The minimum Gasteiger partial charge on any atom is -0.493 e. The van der Waals surface area contributed by atoms with Crippen molar-refractivity contribution in [1.29, 1.82) is 0 Å². The van der Waals surface area contributed by atoms with E-state index in [0.717, 1.165) is 11.3 Å². The third kappa shape index (κ3) is 3.41. The van der Waals surface area contributed by atoms with E-state index in [1.165, 1.54) is 0 Å². The molecule has 1 saturated heterocycles. The van der Waals surface area contributed by atoms with Gasteiger partial charge in [-0.05, 0) is 18.4 Å². The summed E-state index contributed by atoms with van der Waals surface area (Å²) in [4.78, 5) is 25.4. The molecule has 2 aliphatic rings. The van der Waals surface area contributed by atoms with Crippen molar-refractivity contribution >= 4 is 12.0 Å². The molecule has 6 nitrogen and oxygen atoms in total. The molecule has 0 radical (unpaired) electrons. The quantitative estimate of drug-likeness (QED) is 0.877. The van der Waals surface area contributed by atoms with Gasteiger partial charge in [0, 0.05) is 25.1 Å². The number of nitrogens with zero attached hydrogens (tertiary/aromatic N) is 1. The van der Waals surface area contributed by atoms with E-state index in [2.05, 4.69) is 5.32 Å². The average Bonchev–Trinajstić information content (AvgIpc) is 2.54. The van der Waals surface area contributed by atoms with Crippen LogP contribution < -0.4 is 10.1 Å². The van der Waals surface area contributed by atoms with Gasteiger partial charge in [-0.25, -0.2) is 4.79 Å². The molecule has 0 saturated carbocycles. The van der Waals surface area contributed by atoms with Gasteiger partial charge in [0.25, 0.3) is 0 Å². The molecule has 1 fully saturated rings. The van der Waals surface area contributed by atoms with Gasteiger partial charge in [0.1, 0.15) is 5.75 Å². The molecule has 3 atom stereocenters. The molecule has 0 spiro atoms. The third-order valence-electron chi connectivity index (χ3n) is 4.55. The molecular weight excluding hydrogens is 296 g/mol. The predicted molar refractivity (Wildman–Crippen MR) is 84.3 cm³/mol. The molecule has 1 aromatic carbocycles. The third-order valence-corrected chi connectivity index (χ3v) is 4.55. The Labute approximate surface area is 135 Å². The van der Waals surface area contributed by atoms with E-state index in [1.807, 2.05) is 31.2 Å². The molecule has 3 unspecified atom stereocenters. The minimum atomic E-state index is -0.828. The van der Waals surface area contributed by atoms with Crippen LogP contribution in [0.5, 0.6) is 5.75 Å². The first-order valence-corrected chi connectivity index (χ1v) is 8.04. The van der Waals surface area contributed by atoms with E-state index < -0.39 is 11.9 Å². The number of fused-ring (bicyclic) bond motifs is 1. The van der Waals surface area contributed by atoms with Crippen LogP contribution in [-0.2, 0) is 4.79 Å². The van der Waals surface area contributed by atoms with Crippen molar-refractivity contribution in [2.24, 2.45) is 11.8 Å². The first kappa shape index (κ1) is 15.6. The van der Waals surface area contributed by atoms with Crippen molar-refractivity contribution in [3.8, 4) is 5.75 Å². The average molecular weight is 318 g/mol. The number of para-hydroxylation sites is 1. The lowest BCUT2D eigenvalue weighted by Gasteiger charge is -2.36. The summed E-state index contributed by atoms with van der Waals surface area (Å²) in [7, 11) is 0. The highest BCUT2D eigenvalue weighted by atomic mass is 16.5. The highest BCUT2D eigenvalue weighted by molar-refractivity contribution is 5.77. The van der Waals surface area contributed by atoms with Crippen molar-refractivity contribution in [1.82, 2.24) is 10.2 Å². The molecule has 0 bridgehead atoms. The number of hydrogen-bond donors (Lipinski definition) is 2. The number of ether oxygens (including phenoxy) is 1. The summed E-state index contributed by atoms with van der Waals surface area (Å²) >= 11 is 0. The molecule has 0 aromatic heterocycles. The van der Waals surface area contributed by atoms with Crippen LogP contribution in [0.1, 0.15) is 31.4 Å². The molecule has 6 heteroatoms. The number of carboxylic acid groups (broad SMARTS) is 1. The number of carbonyl (C=O) groups is 2. The molecule has 0 aliphatic carbocycles. The summed E-state index contributed by atoms with van der Waals surface area (Å²) in [6, 6.07) is 7.41. The molecule has 2 N–H and O–H groups in total. The van der Waals surface area contributed by atoms with E-state index in [9.17, 15) is 14.7 Å². The first-order chi connectivity index (χ1) is 11.0. The van der Waals surface area contributed by atoms with Gasteiger partial charge in [0.15, 0.2) is 0 Å². The van der Waals surface area contributed by atoms with Crippen molar-refractivity contribution in [2.75, 3.05) is 19.7 Å². The number of carboxylic acids is 1. The Balaban J connectivity index is 1.69. The monoisotopic (exact) mass is 318 g/mol. The maximum atomic E-state index is 12.6. The van der Waals surface area contributed by atoms with Crippen LogP contribution in [0.25, 0.3) is 0 Å². The highest BCUT2D eigenvalue weighted by Crippen LogP contribution is 2.32. The van der Waals surface area contributed by atoms with Crippen LogP contribution >= 0.6 is 0 Å². The number of amides is 2. The smallest absolute Gasteiger partial charge is 0.317 e. The van der Waals surface area contributed by atoms with Crippen molar-refractivity contribution in [3.63, 3.8) is 0 Å². The zero-order valence-corrected chi connectivity index (χ0v) is 13.2. The van der Waals surface area contributed by atoms with Gasteiger partial charge in [-0.3, -0.25) is 4.79 Å². The number of benzene rings is 1. The molecule has 2 heterocycles. The number of carbonyl (C=O) groups excluding carboxylic acids is 1. The Morgan fingerprint density at radius 1 is 1.30 bits per heavy atom. The van der Waals surface area contributed by atoms with Crippen LogP contribution in [0.2, 0.25) is 0 Å². The van der Waals surface area contributed by atoms with Crippen LogP contribution in [0.15, 0.2) is 24.3 Å². The van der Waals surface area contributed by atoms with Gasteiger partial charge in [0.05, 0.1) is 18.6 Å². The summed E-state index contributed by atoms with van der Waals surface area (Å²) in [6.07, 6.45) is 1.34. The van der Waals surface area contributed by atoms with Crippen LogP contribution in [0, 0.1) is 11.8 Å². The van der Waals surface area contributed by atoms with Crippen molar-refractivity contribution in [3.05, 3.63) is 29.8 Å². The van der Waals surface area contributed by atoms with Gasteiger partial charge in [-0.1, -0.05) is 25.1 Å². The topological polar surface area (TPSA) is 78.9 Å². The summed E-state index contributed by atoms with van der Waals surface area (Å²) in [5.41, 5.74) is 0.979. The summed E-state index contributed by atoms with van der Waals surface area (Å²) in [5.74, 6) is -0.311. The lowest BCUT2D eigenvalue weighted by Crippen LogP contribution is -2.50. The summed E-state index contributed by atoms with van der Waals surface area (Å²) < 4.78 is 5.60. The Bertz CT molecular complexity index is 604. The Morgan fingerprint density at radius 3 is 2.87 bits per heavy atom. The number of nitrogens with one attached hydrogen (secondary N) is 1. The van der Waals surface area contributed by atoms with Crippen LogP contribution in [-0.4, -0.2) is 41.7 Å². The zero-order valence-electron chi connectivity index (χ0n) is 13.2. The van der Waals surface area contributed by atoms with E-state index in [0.29, 0.717) is 26.0 Å². The number of hydrogen-bond acceptors (Lipinski definition) is 3. The Kier molecular flexibility index (Phi) is 4.41. The highest BCUT2D eigenvalue weighted by Gasteiger charge is 2.33. The van der Waals surface area contributed by atoms with Gasteiger partial charge in [-0.15, -0.1) is 0 Å². The zero-order chi connectivity index (χ0) is 16.4. The lowest BCUT2D eigenvalue weighted by atomic mass is 9.90. The number of rotatable bonds is 2. The van der Waals surface area contributed by atoms with Gasteiger partial charge >= 0.3 is 12.0 Å². The number of aliphatic carboxylic acids is 1. The summed E-state index contributed by atoms with van der Waals surface area (Å²) in [6.45, 7) is 3.42. The number of likely N-dealkylation sites (tertiary alicyclic amines) is 1. The lowest BCUT2D eigenvalue weighted by molar-refractivity contribution is -0.143.